The van der Waals surface area contributed by atoms with Gasteiger partial charge in [0.15, 0.2) is 0 Å². The summed E-state index contributed by atoms with van der Waals surface area (Å²) in [5.74, 6) is -3.83. The minimum atomic E-state index is -2.85. The quantitative estimate of drug-likeness (QED) is 0.102. The van der Waals surface area contributed by atoms with Crippen LogP contribution in [0.5, 0.6) is 0 Å². The number of alkyl halides is 2. The van der Waals surface area contributed by atoms with Crippen LogP contribution >= 0.6 is 0 Å². The SMILES string of the molecule is COC(=O)N[C@H](C(=O)N1CCC[C@H]1c1ncc(-c2ccc(-c3ccc(-c4ccc5nc([C@@H]6CCCN6C(=O)[C@@H](NC(=O)OC)C(C)C)[nH]c(=O)c5c4)c4c3C3C(C4)CC3(F)F)cc2)[nH]1)C(C)C. The summed E-state index contributed by atoms with van der Waals surface area (Å²) in [5.41, 5.74) is 6.20. The van der Waals surface area contributed by atoms with Gasteiger partial charge in [-0.3, -0.25) is 14.4 Å². The highest BCUT2D eigenvalue weighted by molar-refractivity contribution is 5.89. The van der Waals surface area contributed by atoms with E-state index in [1.54, 1.807) is 28.1 Å². The van der Waals surface area contributed by atoms with E-state index in [9.17, 15) is 24.0 Å². The number of likely N-dealkylation sites (tertiary alicyclic amines) is 2. The summed E-state index contributed by atoms with van der Waals surface area (Å²) in [5, 5.41) is 5.66. The van der Waals surface area contributed by atoms with Crippen LogP contribution in [0.3, 0.4) is 0 Å². The third-order valence-corrected chi connectivity index (χ3v) is 14.2. The van der Waals surface area contributed by atoms with Crippen molar-refractivity contribution in [2.75, 3.05) is 27.3 Å². The normalized spacial score (nSPS) is 21.5. The van der Waals surface area contributed by atoms with Crippen LogP contribution in [-0.2, 0) is 25.5 Å². The first-order valence-electron chi connectivity index (χ1n) is 23.1. The number of hydrogen-bond donors (Lipinski definition) is 4. The van der Waals surface area contributed by atoms with Crippen LogP contribution in [0, 0.1) is 17.8 Å². The molecule has 1 saturated carbocycles. The molecule has 0 radical (unpaired) electrons. The maximum Gasteiger partial charge on any atom is 0.407 e. The Morgan fingerprint density at radius 2 is 1.33 bits per heavy atom. The molecule has 2 unspecified atom stereocenters. The van der Waals surface area contributed by atoms with Crippen molar-refractivity contribution in [2.24, 2.45) is 17.8 Å². The molecule has 352 valence electrons. The molecule has 3 fully saturated rings. The largest absolute Gasteiger partial charge is 0.453 e. The van der Waals surface area contributed by atoms with Crippen molar-refractivity contribution >= 4 is 34.9 Å². The summed E-state index contributed by atoms with van der Waals surface area (Å²) < 4.78 is 40.6. The van der Waals surface area contributed by atoms with Crippen LogP contribution in [0.1, 0.15) is 101 Å². The van der Waals surface area contributed by atoms with Gasteiger partial charge in [0.2, 0.25) is 11.8 Å². The number of H-pyrrole nitrogens is 2. The van der Waals surface area contributed by atoms with Gasteiger partial charge in [0.05, 0.1) is 55.0 Å². The Morgan fingerprint density at radius 1 is 0.761 bits per heavy atom. The highest BCUT2D eigenvalue weighted by Crippen LogP contribution is 2.63. The first kappa shape index (κ1) is 45.5. The molecule has 6 atom stereocenters. The van der Waals surface area contributed by atoms with Gasteiger partial charge < -0.3 is 39.9 Å². The minimum absolute atomic E-state index is 0.159. The average molecular weight is 919 g/mol. The summed E-state index contributed by atoms with van der Waals surface area (Å²) >= 11 is 0. The van der Waals surface area contributed by atoms with Crippen LogP contribution in [0.4, 0.5) is 18.4 Å². The Bertz CT molecular complexity index is 2810. The van der Waals surface area contributed by atoms with Crippen LogP contribution in [0.15, 0.2) is 65.6 Å². The number of carbonyl (C=O) groups excluding carboxylic acids is 4. The number of nitrogens with zero attached hydrogens (tertiary/aromatic N) is 4. The number of imidazole rings is 1. The van der Waals surface area contributed by atoms with Crippen LogP contribution < -0.4 is 16.2 Å². The highest BCUT2D eigenvalue weighted by atomic mass is 19.3. The van der Waals surface area contributed by atoms with E-state index in [0.29, 0.717) is 66.9 Å². The van der Waals surface area contributed by atoms with Crippen LogP contribution in [0.2, 0.25) is 0 Å². The van der Waals surface area contributed by atoms with E-state index in [4.69, 9.17) is 14.5 Å². The summed E-state index contributed by atoms with van der Waals surface area (Å²) in [4.78, 5) is 84.6. The molecule has 4 aliphatic rings. The Labute approximate surface area is 386 Å². The zero-order valence-electron chi connectivity index (χ0n) is 38.5. The van der Waals surface area contributed by atoms with Crippen molar-refractivity contribution in [3.63, 3.8) is 0 Å². The Kier molecular flexibility index (Phi) is 12.1. The summed E-state index contributed by atoms with van der Waals surface area (Å²) in [6.45, 7) is 8.39. The van der Waals surface area contributed by atoms with Gasteiger partial charge in [-0.2, -0.15) is 0 Å². The summed E-state index contributed by atoms with van der Waals surface area (Å²) in [6.07, 6.45) is 3.45. The smallest absolute Gasteiger partial charge is 0.407 e. The molecule has 2 aliphatic heterocycles. The number of aromatic amines is 2. The van der Waals surface area contributed by atoms with Crippen molar-refractivity contribution in [3.8, 4) is 33.5 Å². The van der Waals surface area contributed by atoms with Crippen LogP contribution in [0.25, 0.3) is 44.4 Å². The first-order chi connectivity index (χ1) is 32.1. The molecule has 4 amide bonds. The number of fused-ring (bicyclic) bond motifs is 4. The van der Waals surface area contributed by atoms with E-state index in [1.165, 1.54) is 14.2 Å². The molecule has 17 heteroatoms. The van der Waals surface area contributed by atoms with Crippen molar-refractivity contribution in [2.45, 2.75) is 102 Å². The third-order valence-electron chi connectivity index (χ3n) is 14.2. The second-order valence-corrected chi connectivity index (χ2v) is 19.0. The molecule has 0 spiro atoms. The van der Waals surface area contributed by atoms with Gasteiger partial charge in [-0.1, -0.05) is 70.2 Å². The number of methoxy groups -OCH3 is 2. The predicted molar refractivity (Wildman–Crippen MR) is 246 cm³/mol. The Balaban J connectivity index is 0.979. The highest BCUT2D eigenvalue weighted by Gasteiger charge is 2.60. The standard InChI is InChI=1S/C50H56F2N8O7/c1-25(2)41(56-48(64)66-5)46(62)59-19-7-9-37(59)43-53-24-36(55-43)28-13-11-27(12-14-28)32-17-16-31(33-22-30-23-50(51,52)40(30)39(32)33)29-15-18-35-34(21-29)45(61)58-44(54-35)38-10-8-20-60(38)47(63)42(26(3)4)57-49(65)67-6/h11-18,21,24-26,30,37-38,40-42H,7-10,19-20,22-23H2,1-6H3,(H,53,55)(H,56,64)(H,57,65)(H,54,58,61)/t30?,37-,38-,40?,41-,42-/m0/s1. The van der Waals surface area contributed by atoms with Crippen molar-refractivity contribution < 1.29 is 37.4 Å². The molecule has 15 nitrogen and oxygen atoms in total. The molecular weight excluding hydrogens is 863 g/mol. The Hall–Kier alpha value is -6.65. The second kappa shape index (κ2) is 17.9. The number of halogens is 2. The molecule has 0 bridgehead atoms. The fraction of sp³-hybridized carbons (Fsp3) is 0.460. The fourth-order valence-electron chi connectivity index (χ4n) is 10.8. The van der Waals surface area contributed by atoms with E-state index < -0.39 is 42.2 Å². The molecule has 4 heterocycles. The molecule has 2 aromatic heterocycles. The Morgan fingerprint density at radius 3 is 1.91 bits per heavy atom. The van der Waals surface area contributed by atoms with Gasteiger partial charge in [0.25, 0.3) is 11.5 Å². The first-order valence-corrected chi connectivity index (χ1v) is 23.1. The number of rotatable bonds is 11. The maximum atomic E-state index is 15.5. The number of aromatic nitrogens is 4. The zero-order valence-corrected chi connectivity index (χ0v) is 38.5. The van der Waals surface area contributed by atoms with E-state index in [1.807, 2.05) is 70.2 Å². The number of ether oxygens (including phenoxy) is 2. The number of amides is 4. The number of alkyl carbamates (subject to hydrolysis) is 2. The van der Waals surface area contributed by atoms with Crippen molar-refractivity contribution in [1.82, 2.24) is 40.4 Å². The van der Waals surface area contributed by atoms with Crippen molar-refractivity contribution in [3.05, 3.63) is 93.9 Å². The lowest BCUT2D eigenvalue weighted by Gasteiger charge is -2.41. The lowest BCUT2D eigenvalue weighted by molar-refractivity contribution is -0.136. The van der Waals surface area contributed by atoms with Gasteiger partial charge in [0, 0.05) is 19.5 Å². The predicted octanol–water partition coefficient (Wildman–Crippen LogP) is 8.03. The average Bonchev–Trinajstić information content (AvgIpc) is 4.15. The number of nitrogens with one attached hydrogen (secondary N) is 4. The van der Waals surface area contributed by atoms with Crippen LogP contribution in [-0.4, -0.2) is 99.1 Å². The molecule has 2 aliphatic carbocycles. The van der Waals surface area contributed by atoms with E-state index >= 15 is 8.78 Å². The van der Waals surface area contributed by atoms with E-state index in [-0.39, 0.29) is 47.6 Å². The lowest BCUT2D eigenvalue weighted by Crippen LogP contribution is -2.51. The third kappa shape index (κ3) is 8.30. The molecule has 9 rings (SSSR count). The summed E-state index contributed by atoms with van der Waals surface area (Å²) in [6, 6.07) is 14.6. The molecule has 2 saturated heterocycles. The van der Waals surface area contributed by atoms with Gasteiger partial charge in [-0.25, -0.2) is 28.3 Å². The second-order valence-electron chi connectivity index (χ2n) is 19.0. The minimum Gasteiger partial charge on any atom is -0.453 e. The van der Waals surface area contributed by atoms with Gasteiger partial charge in [0.1, 0.15) is 23.7 Å². The lowest BCUT2D eigenvalue weighted by atomic mass is 9.69. The fourth-order valence-corrected chi connectivity index (χ4v) is 10.8. The summed E-state index contributed by atoms with van der Waals surface area (Å²) in [7, 11) is 2.51. The molecule has 3 aromatic carbocycles. The topological polar surface area (TPSA) is 192 Å². The van der Waals surface area contributed by atoms with Gasteiger partial charge >= 0.3 is 12.2 Å². The van der Waals surface area contributed by atoms with Gasteiger partial charge in [-0.05, 0) is 101 Å². The number of hydrogen-bond acceptors (Lipinski definition) is 9. The van der Waals surface area contributed by atoms with Gasteiger partial charge in [-0.15, -0.1) is 0 Å². The zero-order chi connectivity index (χ0) is 47.5. The molecular formula is C50H56F2N8O7. The number of carbonyl (C=O) groups is 4. The van der Waals surface area contributed by atoms with E-state index in [0.717, 1.165) is 45.5 Å². The van der Waals surface area contributed by atoms with E-state index in [2.05, 4.69) is 25.6 Å². The number of benzene rings is 3. The molecule has 4 N–H and O–H groups in total. The van der Waals surface area contributed by atoms with Crippen molar-refractivity contribution in [1.29, 1.82) is 0 Å². The molecule has 67 heavy (non-hydrogen) atoms. The monoisotopic (exact) mass is 918 g/mol. The maximum absolute atomic E-state index is 15.5. The molecule has 5 aromatic rings.